The lowest BCUT2D eigenvalue weighted by Crippen LogP contribution is -2.10. The number of nitrogens with one attached hydrogen (secondary N) is 1. The second-order valence-corrected chi connectivity index (χ2v) is 3.56. The Kier molecular flexibility index (Phi) is 2.58. The number of carbonyl (C=O) groups is 1. The van der Waals surface area contributed by atoms with Crippen LogP contribution in [0.2, 0.25) is 0 Å². The lowest BCUT2D eigenvalue weighted by Gasteiger charge is -2.08. The van der Waals surface area contributed by atoms with Crippen molar-refractivity contribution in [2.45, 2.75) is 12.3 Å². The number of methoxy groups -OCH3 is 1. The van der Waals surface area contributed by atoms with E-state index in [2.05, 4.69) is 10.1 Å². The molecule has 2 rings (SSSR count). The SMILES string of the molecule is COC(=O)CC1CNc2cccc(F)c21. The van der Waals surface area contributed by atoms with Gasteiger partial charge in [-0.15, -0.1) is 0 Å². The number of rotatable bonds is 2. The van der Waals surface area contributed by atoms with E-state index in [4.69, 9.17) is 0 Å². The molecule has 1 aliphatic heterocycles. The van der Waals surface area contributed by atoms with Gasteiger partial charge in [-0.05, 0) is 12.1 Å². The first-order valence-electron chi connectivity index (χ1n) is 4.81. The number of benzene rings is 1. The maximum atomic E-state index is 13.5. The molecule has 0 fully saturated rings. The predicted octanol–water partition coefficient (Wildman–Crippen LogP) is 1.90. The molecular formula is C11H12FNO2. The molecule has 0 saturated carbocycles. The molecule has 1 aliphatic rings. The fraction of sp³-hybridized carbons (Fsp3) is 0.364. The number of hydrogen-bond donors (Lipinski definition) is 1. The minimum absolute atomic E-state index is 0.117. The van der Waals surface area contributed by atoms with Gasteiger partial charge in [0.05, 0.1) is 13.5 Å². The number of ether oxygens (including phenoxy) is 1. The monoisotopic (exact) mass is 209 g/mol. The first-order valence-corrected chi connectivity index (χ1v) is 4.81. The van der Waals surface area contributed by atoms with E-state index in [0.717, 1.165) is 5.69 Å². The topological polar surface area (TPSA) is 38.3 Å². The van der Waals surface area contributed by atoms with Gasteiger partial charge in [0.2, 0.25) is 0 Å². The Bertz CT molecular complexity index is 392. The van der Waals surface area contributed by atoms with E-state index in [-0.39, 0.29) is 24.1 Å². The Morgan fingerprint density at radius 1 is 1.67 bits per heavy atom. The van der Waals surface area contributed by atoms with Crippen molar-refractivity contribution < 1.29 is 13.9 Å². The van der Waals surface area contributed by atoms with Crippen molar-refractivity contribution in [1.82, 2.24) is 0 Å². The van der Waals surface area contributed by atoms with Crippen molar-refractivity contribution in [2.24, 2.45) is 0 Å². The quantitative estimate of drug-likeness (QED) is 0.756. The van der Waals surface area contributed by atoms with E-state index in [1.54, 1.807) is 6.07 Å². The highest BCUT2D eigenvalue weighted by Crippen LogP contribution is 2.35. The summed E-state index contributed by atoms with van der Waals surface area (Å²) in [4.78, 5) is 11.1. The lowest BCUT2D eigenvalue weighted by atomic mass is 9.97. The number of fused-ring (bicyclic) bond motifs is 1. The van der Waals surface area contributed by atoms with Gasteiger partial charge in [0.25, 0.3) is 0 Å². The second-order valence-electron chi connectivity index (χ2n) is 3.56. The zero-order chi connectivity index (χ0) is 10.8. The smallest absolute Gasteiger partial charge is 0.306 e. The van der Waals surface area contributed by atoms with Crippen molar-refractivity contribution >= 4 is 11.7 Å². The van der Waals surface area contributed by atoms with Gasteiger partial charge in [-0.1, -0.05) is 6.07 Å². The highest BCUT2D eigenvalue weighted by Gasteiger charge is 2.27. The Labute approximate surface area is 87.2 Å². The summed E-state index contributed by atoms with van der Waals surface area (Å²) in [6, 6.07) is 4.88. The van der Waals surface area contributed by atoms with Crippen LogP contribution < -0.4 is 5.32 Å². The average Bonchev–Trinajstić information content (AvgIpc) is 2.63. The van der Waals surface area contributed by atoms with Crippen molar-refractivity contribution in [3.63, 3.8) is 0 Å². The third-order valence-corrected chi connectivity index (χ3v) is 2.64. The molecule has 1 N–H and O–H groups in total. The molecule has 4 heteroatoms. The minimum atomic E-state index is -0.307. The maximum Gasteiger partial charge on any atom is 0.306 e. The maximum absolute atomic E-state index is 13.5. The highest BCUT2D eigenvalue weighted by atomic mass is 19.1. The van der Waals surface area contributed by atoms with Crippen LogP contribution in [0.3, 0.4) is 0 Å². The highest BCUT2D eigenvalue weighted by molar-refractivity contribution is 5.72. The summed E-state index contributed by atoms with van der Waals surface area (Å²) in [7, 11) is 1.34. The summed E-state index contributed by atoms with van der Waals surface area (Å²) in [6.07, 6.45) is 0.220. The zero-order valence-corrected chi connectivity index (χ0v) is 8.42. The molecule has 0 aromatic heterocycles. The van der Waals surface area contributed by atoms with E-state index in [1.807, 2.05) is 6.07 Å². The van der Waals surface area contributed by atoms with Gasteiger partial charge in [-0.3, -0.25) is 4.79 Å². The van der Waals surface area contributed by atoms with Crippen molar-refractivity contribution in [1.29, 1.82) is 0 Å². The average molecular weight is 209 g/mol. The van der Waals surface area contributed by atoms with Crippen molar-refractivity contribution in [3.05, 3.63) is 29.6 Å². The second kappa shape index (κ2) is 3.88. The third kappa shape index (κ3) is 1.79. The first-order chi connectivity index (χ1) is 7.22. The molecule has 1 heterocycles. The number of hydrogen-bond acceptors (Lipinski definition) is 3. The lowest BCUT2D eigenvalue weighted by molar-refractivity contribution is -0.140. The largest absolute Gasteiger partial charge is 0.469 e. The van der Waals surface area contributed by atoms with Crippen LogP contribution in [0.25, 0.3) is 0 Å². The first kappa shape index (κ1) is 9.96. The summed E-state index contributed by atoms with van der Waals surface area (Å²) >= 11 is 0. The van der Waals surface area contributed by atoms with E-state index in [1.165, 1.54) is 13.2 Å². The van der Waals surface area contributed by atoms with Crippen LogP contribution in [-0.2, 0) is 9.53 Å². The summed E-state index contributed by atoms with van der Waals surface area (Å²) < 4.78 is 18.1. The Morgan fingerprint density at radius 2 is 2.47 bits per heavy atom. The summed E-state index contributed by atoms with van der Waals surface area (Å²) in [5.41, 5.74) is 1.38. The molecule has 0 spiro atoms. The summed E-state index contributed by atoms with van der Waals surface area (Å²) in [5, 5.41) is 3.07. The summed E-state index contributed by atoms with van der Waals surface area (Å²) in [6.45, 7) is 0.589. The fourth-order valence-corrected chi connectivity index (χ4v) is 1.90. The van der Waals surface area contributed by atoms with Crippen LogP contribution in [0.15, 0.2) is 18.2 Å². The Balaban J connectivity index is 2.24. The molecular weight excluding hydrogens is 197 g/mol. The standard InChI is InChI=1S/C11H12FNO2/c1-15-10(14)5-7-6-13-9-4-2-3-8(12)11(7)9/h2-4,7,13H,5-6H2,1H3. The molecule has 1 aromatic carbocycles. The van der Waals surface area contributed by atoms with Crippen LogP contribution in [-0.4, -0.2) is 19.6 Å². The third-order valence-electron chi connectivity index (χ3n) is 2.64. The Hall–Kier alpha value is -1.58. The van der Waals surface area contributed by atoms with Gasteiger partial charge < -0.3 is 10.1 Å². The predicted molar refractivity (Wildman–Crippen MR) is 54.3 cm³/mol. The molecule has 1 unspecified atom stereocenters. The van der Waals surface area contributed by atoms with Crippen LogP contribution in [0.5, 0.6) is 0 Å². The van der Waals surface area contributed by atoms with Gasteiger partial charge in [-0.25, -0.2) is 4.39 Å². The van der Waals surface area contributed by atoms with Crippen LogP contribution in [0, 0.1) is 5.82 Å². The Morgan fingerprint density at radius 3 is 3.20 bits per heavy atom. The van der Waals surface area contributed by atoms with Gasteiger partial charge in [-0.2, -0.15) is 0 Å². The number of halogens is 1. The van der Waals surface area contributed by atoms with Gasteiger partial charge in [0.1, 0.15) is 5.82 Å². The van der Waals surface area contributed by atoms with Crippen LogP contribution >= 0.6 is 0 Å². The number of esters is 1. The molecule has 0 amide bonds. The minimum Gasteiger partial charge on any atom is -0.469 e. The zero-order valence-electron chi connectivity index (χ0n) is 8.42. The molecule has 3 nitrogen and oxygen atoms in total. The molecule has 1 aromatic rings. The summed E-state index contributed by atoms with van der Waals surface area (Å²) in [5.74, 6) is -0.682. The number of carbonyl (C=O) groups excluding carboxylic acids is 1. The van der Waals surface area contributed by atoms with E-state index < -0.39 is 0 Å². The van der Waals surface area contributed by atoms with E-state index in [0.29, 0.717) is 12.1 Å². The normalized spacial score (nSPS) is 18.1. The molecule has 0 bridgehead atoms. The van der Waals surface area contributed by atoms with Gasteiger partial charge in [0, 0.05) is 23.7 Å². The molecule has 80 valence electrons. The molecule has 0 radical (unpaired) electrons. The molecule has 1 atom stereocenters. The van der Waals surface area contributed by atoms with Gasteiger partial charge in [0.15, 0.2) is 0 Å². The van der Waals surface area contributed by atoms with Crippen molar-refractivity contribution in [2.75, 3.05) is 19.0 Å². The van der Waals surface area contributed by atoms with Crippen LogP contribution in [0.4, 0.5) is 10.1 Å². The van der Waals surface area contributed by atoms with Gasteiger partial charge >= 0.3 is 5.97 Å². The number of anilines is 1. The fourth-order valence-electron chi connectivity index (χ4n) is 1.90. The molecule has 0 aliphatic carbocycles. The van der Waals surface area contributed by atoms with Crippen molar-refractivity contribution in [3.8, 4) is 0 Å². The van der Waals surface area contributed by atoms with Crippen LogP contribution in [0.1, 0.15) is 17.9 Å². The molecule has 15 heavy (non-hydrogen) atoms. The van der Waals surface area contributed by atoms with E-state index >= 15 is 0 Å². The van der Waals surface area contributed by atoms with E-state index in [9.17, 15) is 9.18 Å². The molecule has 0 saturated heterocycles.